The van der Waals surface area contributed by atoms with E-state index in [1.54, 1.807) is 0 Å². The van der Waals surface area contributed by atoms with E-state index in [-0.39, 0.29) is 6.42 Å². The Hall–Kier alpha value is -0.840. The van der Waals surface area contributed by atoms with Crippen LogP contribution in [0.5, 0.6) is 0 Å². The van der Waals surface area contributed by atoms with E-state index < -0.39 is 12.6 Å². The lowest BCUT2D eigenvalue weighted by molar-refractivity contribution is -0.132. The highest BCUT2D eigenvalue weighted by Gasteiger charge is 2.28. The molecule has 0 saturated heterocycles. The molecule has 0 radical (unpaired) electrons. The van der Waals surface area contributed by atoms with Crippen molar-refractivity contribution in [1.29, 1.82) is 0 Å². The van der Waals surface area contributed by atoms with Gasteiger partial charge in [0.2, 0.25) is 0 Å². The van der Waals surface area contributed by atoms with Gasteiger partial charge in [0.05, 0.1) is 0 Å². The summed E-state index contributed by atoms with van der Waals surface area (Å²) in [5, 5.41) is 0. The van der Waals surface area contributed by atoms with Crippen LogP contribution in [0.15, 0.2) is 16.3 Å². The van der Waals surface area contributed by atoms with Gasteiger partial charge in [-0.3, -0.25) is 4.99 Å². The summed E-state index contributed by atoms with van der Waals surface area (Å²) in [5.41, 5.74) is 3.26. The monoisotopic (exact) mass is 370 g/mol. The van der Waals surface area contributed by atoms with Crippen molar-refractivity contribution in [3.05, 3.63) is 11.3 Å². The quantitative estimate of drug-likeness (QED) is 0.538. The average Bonchev–Trinajstić information content (AvgIpc) is 2.82. The molecule has 0 spiro atoms. The van der Waals surface area contributed by atoms with Gasteiger partial charge in [-0.15, -0.1) is 0 Å². The number of alkyl halides is 3. The lowest BCUT2D eigenvalue weighted by atomic mass is 9.86. The Bertz CT molecular complexity index is 516. The molecule has 0 aromatic heterocycles. The Morgan fingerprint density at radius 2 is 1.73 bits per heavy atom. The molecule has 1 fully saturated rings. The topological polar surface area (TPSA) is 15.6 Å². The first kappa shape index (κ1) is 19.9. The van der Waals surface area contributed by atoms with E-state index in [2.05, 4.69) is 9.89 Å². The van der Waals surface area contributed by atoms with Crippen LogP contribution in [0.25, 0.3) is 0 Å². The second-order valence-corrected chi connectivity index (χ2v) is 8.33. The van der Waals surface area contributed by atoms with Crippen molar-refractivity contribution in [2.24, 2.45) is 10.9 Å². The number of hydrogen-bond acceptors (Lipinski definition) is 2. The van der Waals surface area contributed by atoms with Crippen LogP contribution in [0.3, 0.4) is 0 Å². The zero-order chi connectivity index (χ0) is 18.4. The summed E-state index contributed by atoms with van der Waals surface area (Å²) in [6, 6.07) is 0. The van der Waals surface area contributed by atoms with Gasteiger partial charge < -0.3 is 4.90 Å². The minimum absolute atomic E-state index is 0.0748. The van der Waals surface area contributed by atoms with Crippen LogP contribution < -0.4 is 0 Å². The van der Waals surface area contributed by atoms with Crippen molar-refractivity contribution in [3.8, 4) is 0 Å². The van der Waals surface area contributed by atoms with Crippen LogP contribution in [0.2, 0.25) is 0 Å². The van der Waals surface area contributed by atoms with Crippen LogP contribution >= 0.6 is 0 Å². The van der Waals surface area contributed by atoms with Gasteiger partial charge in [-0.2, -0.15) is 13.2 Å². The lowest BCUT2D eigenvalue weighted by Crippen LogP contribution is -2.26. The van der Waals surface area contributed by atoms with Crippen LogP contribution in [0.4, 0.5) is 13.2 Å². The van der Waals surface area contributed by atoms with Gasteiger partial charge in [0.1, 0.15) is 0 Å². The maximum Gasteiger partial charge on any atom is 0.389 e. The van der Waals surface area contributed by atoms with Crippen LogP contribution in [0.1, 0.15) is 83.5 Å². The molecular weight excluding hydrogens is 337 g/mol. The van der Waals surface area contributed by atoms with Gasteiger partial charge in [-0.05, 0) is 56.6 Å². The Balaban J connectivity index is 1.42. The summed E-state index contributed by atoms with van der Waals surface area (Å²) in [5.74, 6) is 0.947. The number of rotatable bonds is 6. The molecule has 0 aromatic carbocycles. The van der Waals surface area contributed by atoms with E-state index in [1.807, 2.05) is 0 Å². The second-order valence-electron chi connectivity index (χ2n) is 8.33. The first-order valence-electron chi connectivity index (χ1n) is 10.6. The van der Waals surface area contributed by atoms with E-state index in [9.17, 15) is 13.2 Å². The van der Waals surface area contributed by atoms with Crippen molar-refractivity contribution >= 4 is 5.71 Å². The Morgan fingerprint density at radius 3 is 2.50 bits per heavy atom. The molecular formula is C21H33F3N2. The third kappa shape index (κ3) is 6.40. The molecule has 148 valence electrons. The average molecular weight is 371 g/mol. The third-order valence-corrected chi connectivity index (χ3v) is 6.32. The van der Waals surface area contributed by atoms with Crippen LogP contribution in [-0.4, -0.2) is 36.4 Å². The molecule has 1 aliphatic carbocycles. The summed E-state index contributed by atoms with van der Waals surface area (Å²) in [4.78, 5) is 7.17. The van der Waals surface area contributed by atoms with Gasteiger partial charge in [-0.1, -0.05) is 32.1 Å². The zero-order valence-corrected chi connectivity index (χ0v) is 15.9. The molecule has 0 atom stereocenters. The molecule has 2 nitrogen and oxygen atoms in total. The fourth-order valence-electron chi connectivity index (χ4n) is 4.71. The highest BCUT2D eigenvalue weighted by molar-refractivity contribution is 5.86. The molecule has 0 N–H and O–H groups in total. The first-order valence-corrected chi connectivity index (χ1v) is 10.6. The Kier molecular flexibility index (Phi) is 7.19. The van der Waals surface area contributed by atoms with E-state index in [4.69, 9.17) is 0 Å². The summed E-state index contributed by atoms with van der Waals surface area (Å²) < 4.78 is 37.3. The molecule has 2 heterocycles. The number of nitrogens with zero attached hydrogens (tertiary/aromatic N) is 2. The first-order chi connectivity index (χ1) is 12.5. The molecule has 2 aliphatic heterocycles. The summed E-state index contributed by atoms with van der Waals surface area (Å²) in [7, 11) is 0. The molecule has 5 heteroatoms. The van der Waals surface area contributed by atoms with E-state index in [1.165, 1.54) is 57.1 Å². The van der Waals surface area contributed by atoms with Crippen molar-refractivity contribution < 1.29 is 13.2 Å². The van der Waals surface area contributed by atoms with Gasteiger partial charge in [0.25, 0.3) is 0 Å². The fraction of sp³-hybridized carbons (Fsp3) is 0.857. The van der Waals surface area contributed by atoms with Crippen LogP contribution in [-0.2, 0) is 0 Å². The molecule has 3 rings (SSSR count). The minimum atomic E-state index is -4.07. The third-order valence-electron chi connectivity index (χ3n) is 6.32. The highest BCUT2D eigenvalue weighted by Crippen LogP contribution is 2.31. The van der Waals surface area contributed by atoms with Crippen molar-refractivity contribution in [2.45, 2.75) is 89.6 Å². The Labute approximate surface area is 155 Å². The molecule has 0 aromatic rings. The van der Waals surface area contributed by atoms with E-state index >= 15 is 0 Å². The number of aliphatic imine (C=N–C) groups is 1. The zero-order valence-electron chi connectivity index (χ0n) is 15.9. The maximum atomic E-state index is 12.4. The molecule has 3 aliphatic rings. The molecule has 1 saturated carbocycles. The summed E-state index contributed by atoms with van der Waals surface area (Å²) in [6.45, 7) is 3.28. The molecule has 26 heavy (non-hydrogen) atoms. The second kappa shape index (κ2) is 9.38. The standard InChI is InChI=1S/C21H33F3N2/c22-21(23,24)13-10-19-9-8-18-11-15-26(16-12-20(18)25-19)14-4-7-17-5-2-1-3-6-17/h17H,1-16H2. The minimum Gasteiger partial charge on any atom is -0.303 e. The van der Waals surface area contributed by atoms with Gasteiger partial charge >= 0.3 is 6.18 Å². The van der Waals surface area contributed by atoms with Crippen molar-refractivity contribution in [3.63, 3.8) is 0 Å². The van der Waals surface area contributed by atoms with Crippen LogP contribution in [0, 0.1) is 5.92 Å². The SMILES string of the molecule is FC(F)(F)CCC1=NC2=C(CC1)CCN(CCCC1CCCCC1)CC2. The number of hydrogen-bond donors (Lipinski definition) is 0. The van der Waals surface area contributed by atoms with Crippen molar-refractivity contribution in [2.75, 3.05) is 19.6 Å². The fourth-order valence-corrected chi connectivity index (χ4v) is 4.71. The normalized spacial score (nSPS) is 23.6. The van der Waals surface area contributed by atoms with Crippen molar-refractivity contribution in [1.82, 2.24) is 4.90 Å². The Morgan fingerprint density at radius 1 is 0.962 bits per heavy atom. The number of halogens is 3. The predicted octanol–water partition coefficient (Wildman–Crippen LogP) is 6.27. The predicted molar refractivity (Wildman–Crippen MR) is 100 cm³/mol. The largest absolute Gasteiger partial charge is 0.389 e. The molecule has 0 bridgehead atoms. The summed E-state index contributed by atoms with van der Waals surface area (Å²) in [6.07, 6.45) is 8.62. The highest BCUT2D eigenvalue weighted by atomic mass is 19.4. The maximum absolute atomic E-state index is 12.4. The molecule has 0 amide bonds. The molecule has 0 unspecified atom stereocenters. The van der Waals surface area contributed by atoms with E-state index in [0.717, 1.165) is 56.1 Å². The summed E-state index contributed by atoms with van der Waals surface area (Å²) >= 11 is 0. The van der Waals surface area contributed by atoms with Gasteiger partial charge in [0.15, 0.2) is 0 Å². The smallest absolute Gasteiger partial charge is 0.303 e. The lowest BCUT2D eigenvalue weighted by Gasteiger charge is -2.24. The van der Waals surface area contributed by atoms with E-state index in [0.29, 0.717) is 0 Å². The van der Waals surface area contributed by atoms with Gasteiger partial charge in [0, 0.05) is 37.3 Å². The van der Waals surface area contributed by atoms with Gasteiger partial charge in [-0.25, -0.2) is 0 Å².